The molecule has 0 saturated carbocycles. The molecular formula is C18H23Cl2IN4O. The maximum absolute atomic E-state index is 5.94. The van der Waals surface area contributed by atoms with Crippen LogP contribution in [0.25, 0.3) is 0 Å². The molecule has 0 bridgehead atoms. The molecular weight excluding hydrogens is 486 g/mol. The Hall–Kier alpha value is -1.09. The molecule has 0 aliphatic rings. The number of guanidine groups is 1. The lowest BCUT2D eigenvalue weighted by Crippen LogP contribution is -2.39. The van der Waals surface area contributed by atoms with Crippen molar-refractivity contribution in [3.63, 3.8) is 0 Å². The van der Waals surface area contributed by atoms with Crippen LogP contribution < -0.4 is 10.6 Å². The summed E-state index contributed by atoms with van der Waals surface area (Å²) in [6.07, 6.45) is 2.63. The average Bonchev–Trinajstić information content (AvgIpc) is 2.61. The van der Waals surface area contributed by atoms with Crippen LogP contribution in [-0.2, 0) is 17.8 Å². The van der Waals surface area contributed by atoms with E-state index in [2.05, 4.69) is 20.6 Å². The van der Waals surface area contributed by atoms with Crippen molar-refractivity contribution in [2.24, 2.45) is 4.99 Å². The number of pyridine rings is 1. The Labute approximate surface area is 181 Å². The molecule has 1 aromatic heterocycles. The van der Waals surface area contributed by atoms with Gasteiger partial charge in [0.05, 0.1) is 13.2 Å². The topological polar surface area (TPSA) is 58.5 Å². The van der Waals surface area contributed by atoms with Gasteiger partial charge in [0.1, 0.15) is 5.15 Å². The lowest BCUT2D eigenvalue weighted by molar-refractivity contribution is 0.125. The first-order valence-electron chi connectivity index (χ1n) is 8.04. The van der Waals surface area contributed by atoms with E-state index in [9.17, 15) is 0 Å². The summed E-state index contributed by atoms with van der Waals surface area (Å²) in [5, 5.41) is 7.70. The summed E-state index contributed by atoms with van der Waals surface area (Å²) < 4.78 is 5.63. The highest BCUT2D eigenvalue weighted by Gasteiger charge is 1.99. The number of nitrogens with one attached hydrogen (secondary N) is 2. The first-order chi connectivity index (χ1) is 12.2. The monoisotopic (exact) mass is 508 g/mol. The molecule has 26 heavy (non-hydrogen) atoms. The molecule has 2 aromatic rings. The van der Waals surface area contributed by atoms with E-state index < -0.39 is 0 Å². The quantitative estimate of drug-likeness (QED) is 0.186. The molecule has 5 nitrogen and oxygen atoms in total. The Bertz CT molecular complexity index is 683. The summed E-state index contributed by atoms with van der Waals surface area (Å²) in [7, 11) is 1.74. The minimum atomic E-state index is 0. The van der Waals surface area contributed by atoms with E-state index in [-0.39, 0.29) is 24.0 Å². The van der Waals surface area contributed by atoms with Gasteiger partial charge in [0.15, 0.2) is 5.96 Å². The van der Waals surface area contributed by atoms with Crippen LogP contribution >= 0.6 is 47.2 Å². The van der Waals surface area contributed by atoms with Gasteiger partial charge in [-0.2, -0.15) is 0 Å². The minimum absolute atomic E-state index is 0. The van der Waals surface area contributed by atoms with E-state index >= 15 is 0 Å². The molecule has 2 rings (SSSR count). The number of halogens is 3. The highest BCUT2D eigenvalue weighted by molar-refractivity contribution is 14.0. The number of benzene rings is 1. The van der Waals surface area contributed by atoms with Crippen molar-refractivity contribution >= 4 is 53.1 Å². The summed E-state index contributed by atoms with van der Waals surface area (Å²) in [5.41, 5.74) is 2.18. The number of aliphatic imine (C=N–C) groups is 1. The van der Waals surface area contributed by atoms with Gasteiger partial charge < -0.3 is 15.4 Å². The van der Waals surface area contributed by atoms with Crippen LogP contribution in [0.1, 0.15) is 11.1 Å². The van der Waals surface area contributed by atoms with Crippen molar-refractivity contribution in [2.75, 3.05) is 26.7 Å². The van der Waals surface area contributed by atoms with Crippen LogP contribution in [0, 0.1) is 0 Å². The zero-order chi connectivity index (χ0) is 17.9. The summed E-state index contributed by atoms with van der Waals surface area (Å²) in [6, 6.07) is 11.4. The zero-order valence-electron chi connectivity index (χ0n) is 14.5. The Kier molecular flexibility index (Phi) is 11.6. The van der Waals surface area contributed by atoms with E-state index in [1.807, 2.05) is 30.3 Å². The highest BCUT2D eigenvalue weighted by atomic mass is 127. The number of nitrogens with zero attached hydrogens (tertiary/aromatic N) is 2. The Balaban J connectivity index is 0.00000338. The van der Waals surface area contributed by atoms with E-state index in [4.69, 9.17) is 27.9 Å². The number of hydrogen-bond acceptors (Lipinski definition) is 3. The van der Waals surface area contributed by atoms with Crippen LogP contribution in [0.2, 0.25) is 10.2 Å². The molecule has 8 heteroatoms. The fourth-order valence-corrected chi connectivity index (χ4v) is 2.48. The third-order valence-electron chi connectivity index (χ3n) is 3.41. The van der Waals surface area contributed by atoms with E-state index in [1.54, 1.807) is 19.3 Å². The molecule has 0 radical (unpaired) electrons. The number of ether oxygens (including phenoxy) is 1. The molecule has 1 aromatic carbocycles. The standard InChI is InChI=1S/C18H22Cl2N4O.HI/c1-21-18(22-8-7-14-5-6-17(20)24-12-14)23-9-10-25-13-15-3-2-4-16(19)11-15;/h2-6,11-12H,7-10,13H2,1H3,(H2,21,22,23);1H. The molecule has 0 amide bonds. The molecule has 0 aliphatic carbocycles. The van der Waals surface area contributed by atoms with Gasteiger partial charge in [-0.15, -0.1) is 24.0 Å². The van der Waals surface area contributed by atoms with Gasteiger partial charge in [0.25, 0.3) is 0 Å². The van der Waals surface area contributed by atoms with Gasteiger partial charge in [0, 0.05) is 31.4 Å². The van der Waals surface area contributed by atoms with Crippen molar-refractivity contribution in [2.45, 2.75) is 13.0 Å². The van der Waals surface area contributed by atoms with Gasteiger partial charge in [-0.1, -0.05) is 41.4 Å². The Morgan fingerprint density at radius 2 is 1.92 bits per heavy atom. The average molecular weight is 509 g/mol. The predicted octanol–water partition coefficient (Wildman–Crippen LogP) is 3.93. The molecule has 0 unspecified atom stereocenters. The SMILES string of the molecule is CN=C(NCCOCc1cccc(Cl)c1)NCCc1ccc(Cl)nc1.I. The molecule has 0 saturated heterocycles. The normalized spacial score (nSPS) is 11.0. The van der Waals surface area contributed by atoms with E-state index in [0.29, 0.717) is 24.9 Å². The highest BCUT2D eigenvalue weighted by Crippen LogP contribution is 2.11. The van der Waals surface area contributed by atoms with Gasteiger partial charge in [-0.05, 0) is 35.7 Å². The minimum Gasteiger partial charge on any atom is -0.375 e. The van der Waals surface area contributed by atoms with Crippen LogP contribution in [-0.4, -0.2) is 37.7 Å². The number of rotatable bonds is 8. The molecule has 0 fully saturated rings. The predicted molar refractivity (Wildman–Crippen MR) is 119 cm³/mol. The van der Waals surface area contributed by atoms with Crippen molar-refractivity contribution in [1.82, 2.24) is 15.6 Å². The second-order valence-electron chi connectivity index (χ2n) is 5.35. The van der Waals surface area contributed by atoms with Crippen molar-refractivity contribution in [1.29, 1.82) is 0 Å². The second-order valence-corrected chi connectivity index (χ2v) is 6.17. The molecule has 2 N–H and O–H groups in total. The third-order valence-corrected chi connectivity index (χ3v) is 3.87. The maximum Gasteiger partial charge on any atom is 0.191 e. The first-order valence-corrected chi connectivity index (χ1v) is 8.80. The number of aromatic nitrogens is 1. The zero-order valence-corrected chi connectivity index (χ0v) is 18.4. The van der Waals surface area contributed by atoms with Gasteiger partial charge in [-0.3, -0.25) is 4.99 Å². The van der Waals surface area contributed by atoms with Crippen LogP contribution in [0.5, 0.6) is 0 Å². The fourth-order valence-electron chi connectivity index (χ4n) is 2.16. The third kappa shape index (κ3) is 9.02. The van der Waals surface area contributed by atoms with Crippen LogP contribution in [0.15, 0.2) is 47.6 Å². The van der Waals surface area contributed by atoms with Crippen molar-refractivity contribution in [3.05, 3.63) is 63.9 Å². The first kappa shape index (κ1) is 23.0. The van der Waals surface area contributed by atoms with E-state index in [0.717, 1.165) is 35.1 Å². The lowest BCUT2D eigenvalue weighted by Gasteiger charge is -2.12. The summed E-state index contributed by atoms with van der Waals surface area (Å²) >= 11 is 11.7. The van der Waals surface area contributed by atoms with Crippen LogP contribution in [0.3, 0.4) is 0 Å². The fraction of sp³-hybridized carbons (Fsp3) is 0.333. The van der Waals surface area contributed by atoms with Crippen molar-refractivity contribution in [3.8, 4) is 0 Å². The molecule has 0 atom stereocenters. The smallest absolute Gasteiger partial charge is 0.191 e. The second kappa shape index (κ2) is 13.1. The molecule has 0 spiro atoms. The molecule has 0 aliphatic heterocycles. The molecule has 142 valence electrons. The molecule has 1 heterocycles. The summed E-state index contributed by atoms with van der Waals surface area (Å²) in [4.78, 5) is 8.25. The Morgan fingerprint density at radius 3 is 2.62 bits per heavy atom. The number of hydrogen-bond donors (Lipinski definition) is 2. The van der Waals surface area contributed by atoms with Gasteiger partial charge in [0.2, 0.25) is 0 Å². The van der Waals surface area contributed by atoms with E-state index in [1.165, 1.54) is 0 Å². The van der Waals surface area contributed by atoms with Gasteiger partial charge in [-0.25, -0.2) is 4.98 Å². The Morgan fingerprint density at radius 1 is 1.12 bits per heavy atom. The van der Waals surface area contributed by atoms with Crippen LogP contribution in [0.4, 0.5) is 0 Å². The summed E-state index contributed by atoms with van der Waals surface area (Å²) in [6.45, 7) is 2.54. The van der Waals surface area contributed by atoms with Crippen molar-refractivity contribution < 1.29 is 4.74 Å². The lowest BCUT2D eigenvalue weighted by atomic mass is 10.2. The van der Waals surface area contributed by atoms with Gasteiger partial charge >= 0.3 is 0 Å². The summed E-state index contributed by atoms with van der Waals surface area (Å²) in [5.74, 6) is 0.744. The largest absolute Gasteiger partial charge is 0.375 e. The maximum atomic E-state index is 5.94.